The average Bonchev–Trinajstić information content (AvgIpc) is 3.11. The number of rotatable bonds is 10. The Morgan fingerprint density at radius 2 is 2.07 bits per heavy atom. The Kier molecular flexibility index (Phi) is 8.44. The predicted molar refractivity (Wildman–Crippen MR) is 105 cm³/mol. The lowest BCUT2D eigenvalue weighted by molar-refractivity contribution is -0.146. The van der Waals surface area contributed by atoms with Gasteiger partial charge in [-0.25, -0.2) is 0 Å². The third kappa shape index (κ3) is 7.68. The van der Waals surface area contributed by atoms with Crippen LogP contribution in [0.25, 0.3) is 0 Å². The molecule has 154 valence electrons. The summed E-state index contributed by atoms with van der Waals surface area (Å²) in [5.41, 5.74) is 1.16. The van der Waals surface area contributed by atoms with Gasteiger partial charge in [0.1, 0.15) is 5.75 Å². The molecule has 0 saturated carbocycles. The van der Waals surface area contributed by atoms with E-state index in [4.69, 9.17) is 4.74 Å². The van der Waals surface area contributed by atoms with Gasteiger partial charge in [0.2, 0.25) is 0 Å². The van der Waals surface area contributed by atoms with Crippen LogP contribution in [0.15, 0.2) is 24.3 Å². The normalized spacial score (nSPS) is 16.8. The van der Waals surface area contributed by atoms with Gasteiger partial charge < -0.3 is 14.8 Å². The van der Waals surface area contributed by atoms with Crippen molar-refractivity contribution in [3.8, 4) is 5.75 Å². The molecule has 1 N–H and O–H groups in total. The van der Waals surface area contributed by atoms with E-state index in [1.165, 1.54) is 6.92 Å². The van der Waals surface area contributed by atoms with Crippen molar-refractivity contribution in [3.63, 3.8) is 0 Å². The summed E-state index contributed by atoms with van der Waals surface area (Å²) in [7, 11) is 0. The zero-order valence-corrected chi connectivity index (χ0v) is 16.9. The Bertz CT molecular complexity index is 689. The number of Topliss-reactive ketones (excluding diaryl/α,β-unsaturated/α-hetero) is 1. The van der Waals surface area contributed by atoms with E-state index in [0.29, 0.717) is 19.1 Å². The van der Waals surface area contributed by atoms with E-state index in [2.05, 4.69) is 34.9 Å². The van der Waals surface area contributed by atoms with Gasteiger partial charge in [-0.05, 0) is 36.6 Å². The van der Waals surface area contributed by atoms with Crippen LogP contribution in [0.4, 0.5) is 0 Å². The summed E-state index contributed by atoms with van der Waals surface area (Å²) < 4.78 is 10.4. The Balaban J connectivity index is 1.75. The third-order valence-electron chi connectivity index (χ3n) is 4.48. The van der Waals surface area contributed by atoms with Crippen molar-refractivity contribution in [3.05, 3.63) is 29.8 Å². The molecule has 1 aromatic carbocycles. The second-order valence-electron chi connectivity index (χ2n) is 7.60. The number of nitrogens with zero attached hydrogens (tertiary/aromatic N) is 1. The van der Waals surface area contributed by atoms with E-state index < -0.39 is 11.9 Å². The molecule has 0 bridgehead atoms. The molecule has 0 radical (unpaired) electrons. The minimum Gasteiger partial charge on any atom is -0.493 e. The molecule has 1 aromatic rings. The van der Waals surface area contributed by atoms with E-state index in [0.717, 1.165) is 30.8 Å². The van der Waals surface area contributed by atoms with E-state index in [1.807, 2.05) is 18.2 Å². The van der Waals surface area contributed by atoms with Crippen LogP contribution >= 0.6 is 0 Å². The third-order valence-corrected chi connectivity index (χ3v) is 4.48. The summed E-state index contributed by atoms with van der Waals surface area (Å²) in [5, 5.41) is 2.51. The Labute approximate surface area is 166 Å². The fourth-order valence-electron chi connectivity index (χ4n) is 3.04. The van der Waals surface area contributed by atoms with Crippen molar-refractivity contribution < 1.29 is 23.9 Å². The molecule has 0 spiro atoms. The van der Waals surface area contributed by atoms with Gasteiger partial charge in [0.25, 0.3) is 5.91 Å². The molecule has 7 nitrogen and oxygen atoms in total. The summed E-state index contributed by atoms with van der Waals surface area (Å²) in [5.74, 6) is 0.280. The molecule has 1 unspecified atom stereocenters. The molecule has 1 heterocycles. The zero-order chi connectivity index (χ0) is 20.5. The van der Waals surface area contributed by atoms with Crippen LogP contribution in [-0.4, -0.2) is 55.4 Å². The number of hydrogen-bond acceptors (Lipinski definition) is 6. The summed E-state index contributed by atoms with van der Waals surface area (Å²) in [6, 6.07) is 8.06. The molecule has 0 aromatic heterocycles. The van der Waals surface area contributed by atoms with Crippen LogP contribution in [0.3, 0.4) is 0 Å². The van der Waals surface area contributed by atoms with Crippen molar-refractivity contribution in [2.75, 3.05) is 32.8 Å². The van der Waals surface area contributed by atoms with Gasteiger partial charge in [-0.2, -0.15) is 0 Å². The van der Waals surface area contributed by atoms with Crippen LogP contribution in [0.1, 0.15) is 32.8 Å². The first-order valence-electron chi connectivity index (χ1n) is 9.70. The standard InChI is InChI=1S/C21H30N2O5/c1-15(2)13-28-19-6-4-5-17(9-19)11-23-8-7-18(12-23)20(25)10-22-21(26)14-27-16(3)24/h4-6,9,15,18H,7-8,10-14H2,1-3H3,(H,22,26). The highest BCUT2D eigenvalue weighted by Gasteiger charge is 2.28. The Hall–Kier alpha value is -2.41. The second-order valence-corrected chi connectivity index (χ2v) is 7.60. The molecular formula is C21H30N2O5. The first kappa shape index (κ1) is 21.9. The largest absolute Gasteiger partial charge is 0.493 e. The molecule has 1 aliphatic rings. The van der Waals surface area contributed by atoms with Crippen LogP contribution in [0, 0.1) is 11.8 Å². The maximum atomic E-state index is 12.3. The lowest BCUT2D eigenvalue weighted by atomic mass is 10.0. The van der Waals surface area contributed by atoms with Gasteiger partial charge in [0.15, 0.2) is 12.4 Å². The number of amides is 1. The van der Waals surface area contributed by atoms with E-state index in [-0.39, 0.29) is 24.9 Å². The molecule has 1 amide bonds. The summed E-state index contributed by atoms with van der Waals surface area (Å²) in [4.78, 5) is 36.8. The van der Waals surface area contributed by atoms with Gasteiger partial charge in [0, 0.05) is 25.9 Å². The zero-order valence-electron chi connectivity index (χ0n) is 16.9. The maximum absolute atomic E-state index is 12.3. The molecule has 2 rings (SSSR count). The molecule has 1 aliphatic heterocycles. The van der Waals surface area contributed by atoms with E-state index in [1.54, 1.807) is 0 Å². The molecule has 1 fully saturated rings. The van der Waals surface area contributed by atoms with Crippen molar-refractivity contribution in [2.45, 2.75) is 33.7 Å². The van der Waals surface area contributed by atoms with Gasteiger partial charge in [0.05, 0.1) is 13.2 Å². The maximum Gasteiger partial charge on any atom is 0.303 e. The number of ketones is 1. The van der Waals surface area contributed by atoms with Crippen molar-refractivity contribution >= 4 is 17.7 Å². The number of hydrogen-bond donors (Lipinski definition) is 1. The number of ether oxygens (including phenoxy) is 2. The lowest BCUT2D eigenvalue weighted by Crippen LogP contribution is -2.36. The van der Waals surface area contributed by atoms with Crippen LogP contribution < -0.4 is 10.1 Å². The van der Waals surface area contributed by atoms with Crippen LogP contribution in [-0.2, 0) is 25.7 Å². The topological polar surface area (TPSA) is 84.9 Å². The van der Waals surface area contributed by atoms with Crippen molar-refractivity contribution in [1.29, 1.82) is 0 Å². The first-order chi connectivity index (χ1) is 13.3. The highest BCUT2D eigenvalue weighted by atomic mass is 16.5. The number of carbonyl (C=O) groups is 3. The van der Waals surface area contributed by atoms with E-state index in [9.17, 15) is 14.4 Å². The van der Waals surface area contributed by atoms with Gasteiger partial charge in [-0.15, -0.1) is 0 Å². The van der Waals surface area contributed by atoms with Crippen LogP contribution in [0.2, 0.25) is 0 Å². The van der Waals surface area contributed by atoms with Crippen molar-refractivity contribution in [2.24, 2.45) is 11.8 Å². The van der Waals surface area contributed by atoms with Crippen LogP contribution in [0.5, 0.6) is 5.75 Å². The number of nitrogens with one attached hydrogen (secondary N) is 1. The SMILES string of the molecule is CC(=O)OCC(=O)NCC(=O)C1CCN(Cc2cccc(OCC(C)C)c2)C1. The minimum absolute atomic E-state index is 0.00712. The number of esters is 1. The lowest BCUT2D eigenvalue weighted by Gasteiger charge is -2.17. The number of likely N-dealkylation sites (tertiary alicyclic amines) is 1. The molecule has 1 saturated heterocycles. The number of carbonyl (C=O) groups excluding carboxylic acids is 3. The summed E-state index contributed by atoms with van der Waals surface area (Å²) in [6.45, 7) is 8.05. The van der Waals surface area contributed by atoms with E-state index >= 15 is 0 Å². The smallest absolute Gasteiger partial charge is 0.303 e. The highest BCUT2D eigenvalue weighted by Crippen LogP contribution is 2.21. The molecule has 1 atom stereocenters. The van der Waals surface area contributed by atoms with Crippen molar-refractivity contribution in [1.82, 2.24) is 10.2 Å². The highest BCUT2D eigenvalue weighted by molar-refractivity contribution is 5.88. The predicted octanol–water partition coefficient (Wildman–Crippen LogP) is 1.79. The van der Waals surface area contributed by atoms with Gasteiger partial charge >= 0.3 is 5.97 Å². The fourth-order valence-corrected chi connectivity index (χ4v) is 3.04. The minimum atomic E-state index is -0.522. The number of benzene rings is 1. The summed E-state index contributed by atoms with van der Waals surface area (Å²) in [6.07, 6.45) is 0.780. The molecule has 28 heavy (non-hydrogen) atoms. The average molecular weight is 390 g/mol. The van der Waals surface area contributed by atoms with Gasteiger partial charge in [-0.3, -0.25) is 19.3 Å². The first-order valence-corrected chi connectivity index (χ1v) is 9.70. The molecular weight excluding hydrogens is 360 g/mol. The molecule has 7 heteroatoms. The fraction of sp³-hybridized carbons (Fsp3) is 0.571. The Morgan fingerprint density at radius 1 is 1.29 bits per heavy atom. The summed E-state index contributed by atoms with van der Waals surface area (Å²) >= 11 is 0. The molecule has 0 aliphatic carbocycles. The second kappa shape index (κ2) is 10.8. The van der Waals surface area contributed by atoms with Gasteiger partial charge in [-0.1, -0.05) is 26.0 Å². The Morgan fingerprint density at radius 3 is 2.79 bits per heavy atom. The monoisotopic (exact) mass is 390 g/mol. The quantitative estimate of drug-likeness (QED) is 0.613.